The van der Waals surface area contributed by atoms with Crippen molar-refractivity contribution in [2.75, 3.05) is 44.7 Å². The zero-order valence-electron chi connectivity index (χ0n) is 25.2. The van der Waals surface area contributed by atoms with Crippen molar-refractivity contribution in [1.29, 1.82) is 0 Å². The first-order chi connectivity index (χ1) is 20.6. The van der Waals surface area contributed by atoms with E-state index in [0.29, 0.717) is 67.1 Å². The van der Waals surface area contributed by atoms with Crippen LogP contribution in [-0.2, 0) is 25.8 Å². The van der Waals surface area contributed by atoms with Gasteiger partial charge in [-0.2, -0.15) is 0 Å². The number of nitrogens with one attached hydrogen (secondary N) is 3. The molecule has 1 aliphatic carbocycles. The summed E-state index contributed by atoms with van der Waals surface area (Å²) in [5, 5.41) is 9.05. The van der Waals surface area contributed by atoms with E-state index in [1.807, 2.05) is 12.1 Å². The van der Waals surface area contributed by atoms with Crippen LogP contribution in [0.25, 0.3) is 11.1 Å². The van der Waals surface area contributed by atoms with E-state index in [-0.39, 0.29) is 40.8 Å². The van der Waals surface area contributed by atoms with Crippen LogP contribution in [0.3, 0.4) is 0 Å². The summed E-state index contributed by atoms with van der Waals surface area (Å²) in [6.07, 6.45) is 4.17. The standard InChI is InChI=1S/C31H41N3O8S/c1-19(35)33-24-11-9-20-16-27(40-2)30(41-3)31(42-4)29(20)22-10-12-25(26(36)17-23(22)24)32-14-7-5-6-8-28(37)34-21-13-15-43(38,39)18-21/h10,12,16-17,21,24H,5-9,11,13-15,18H2,1-4H3,(H,32,36)(H,33,35)(H,34,37)/t21?,24-/m0/s1. The molecule has 12 heteroatoms. The number of ether oxygens (including phenoxy) is 3. The molecule has 234 valence electrons. The molecule has 0 spiro atoms. The van der Waals surface area contributed by atoms with Crippen molar-refractivity contribution < 1.29 is 32.2 Å². The van der Waals surface area contributed by atoms with E-state index in [1.165, 1.54) is 6.92 Å². The number of anilines is 1. The van der Waals surface area contributed by atoms with Gasteiger partial charge in [0.25, 0.3) is 0 Å². The second-order valence-corrected chi connectivity index (χ2v) is 13.2. The monoisotopic (exact) mass is 615 g/mol. The van der Waals surface area contributed by atoms with Crippen LogP contribution in [0.4, 0.5) is 5.69 Å². The average Bonchev–Trinajstić information content (AvgIpc) is 3.13. The quantitative estimate of drug-likeness (QED) is 0.306. The number of amides is 2. The van der Waals surface area contributed by atoms with Crippen molar-refractivity contribution in [2.45, 2.75) is 64.0 Å². The van der Waals surface area contributed by atoms with E-state index in [0.717, 1.165) is 29.5 Å². The fourth-order valence-electron chi connectivity index (χ4n) is 5.87. The van der Waals surface area contributed by atoms with Crippen molar-refractivity contribution in [2.24, 2.45) is 0 Å². The number of sulfone groups is 1. The van der Waals surface area contributed by atoms with Crippen LogP contribution >= 0.6 is 0 Å². The molecule has 1 saturated heterocycles. The highest BCUT2D eigenvalue weighted by molar-refractivity contribution is 7.91. The third kappa shape index (κ3) is 7.78. The maximum atomic E-state index is 13.4. The number of methoxy groups -OCH3 is 3. The highest BCUT2D eigenvalue weighted by atomic mass is 32.2. The summed E-state index contributed by atoms with van der Waals surface area (Å²) in [6.45, 7) is 1.99. The summed E-state index contributed by atoms with van der Waals surface area (Å²) in [6, 6.07) is 6.45. The van der Waals surface area contributed by atoms with Gasteiger partial charge in [0.15, 0.2) is 21.3 Å². The molecule has 4 rings (SSSR count). The smallest absolute Gasteiger partial charge is 0.220 e. The summed E-state index contributed by atoms with van der Waals surface area (Å²) in [5.74, 6) is 1.30. The molecule has 0 aromatic heterocycles. The van der Waals surface area contributed by atoms with Crippen molar-refractivity contribution in [1.82, 2.24) is 10.6 Å². The average molecular weight is 616 g/mol. The number of aryl methyl sites for hydroxylation is 1. The molecule has 1 heterocycles. The van der Waals surface area contributed by atoms with Crippen LogP contribution in [0.5, 0.6) is 17.2 Å². The molecule has 0 bridgehead atoms. The van der Waals surface area contributed by atoms with Crippen LogP contribution in [0, 0.1) is 0 Å². The normalized spacial score (nSPS) is 18.4. The predicted octanol–water partition coefficient (Wildman–Crippen LogP) is 3.14. The van der Waals surface area contributed by atoms with Crippen molar-refractivity contribution in [3.63, 3.8) is 0 Å². The lowest BCUT2D eigenvalue weighted by molar-refractivity contribution is -0.122. The van der Waals surface area contributed by atoms with Crippen molar-refractivity contribution >= 4 is 27.3 Å². The van der Waals surface area contributed by atoms with Gasteiger partial charge in [-0.05, 0) is 67.0 Å². The zero-order valence-corrected chi connectivity index (χ0v) is 26.0. The number of carbonyl (C=O) groups excluding carboxylic acids is 2. The molecule has 11 nitrogen and oxygen atoms in total. The number of unbranched alkanes of at least 4 members (excludes halogenated alkanes) is 2. The minimum Gasteiger partial charge on any atom is -0.493 e. The van der Waals surface area contributed by atoms with Gasteiger partial charge in [0.05, 0.1) is 44.6 Å². The Hall–Kier alpha value is -3.80. The number of carbonyl (C=O) groups is 2. The summed E-state index contributed by atoms with van der Waals surface area (Å²) in [4.78, 5) is 37.7. The van der Waals surface area contributed by atoms with Gasteiger partial charge in [0.2, 0.25) is 23.0 Å². The first kappa shape index (κ1) is 32.1. The third-order valence-electron chi connectivity index (χ3n) is 7.91. The van der Waals surface area contributed by atoms with E-state index in [2.05, 4.69) is 16.0 Å². The molecule has 1 fully saturated rings. The van der Waals surface area contributed by atoms with Crippen LogP contribution < -0.4 is 35.6 Å². The molecular weight excluding hydrogens is 574 g/mol. The summed E-state index contributed by atoms with van der Waals surface area (Å²) >= 11 is 0. The van der Waals surface area contributed by atoms with Gasteiger partial charge >= 0.3 is 0 Å². The zero-order chi connectivity index (χ0) is 31.1. The van der Waals surface area contributed by atoms with E-state index in [4.69, 9.17) is 14.2 Å². The Bertz CT molecular complexity index is 1530. The molecule has 1 aliphatic heterocycles. The molecular formula is C31H41N3O8S. The minimum atomic E-state index is -3.03. The largest absolute Gasteiger partial charge is 0.493 e. The van der Waals surface area contributed by atoms with Gasteiger partial charge in [-0.15, -0.1) is 0 Å². The molecule has 2 atom stereocenters. The van der Waals surface area contributed by atoms with Crippen LogP contribution in [-0.4, -0.2) is 65.7 Å². The Morgan fingerprint density at radius 3 is 2.37 bits per heavy atom. The number of fused-ring (bicyclic) bond motifs is 3. The van der Waals surface area contributed by atoms with E-state index < -0.39 is 9.84 Å². The Kier molecular flexibility index (Phi) is 10.5. The van der Waals surface area contributed by atoms with Gasteiger partial charge in [0, 0.05) is 31.5 Å². The minimum absolute atomic E-state index is 0.0176. The Labute approximate surface area is 252 Å². The Balaban J connectivity index is 1.50. The lowest BCUT2D eigenvalue weighted by Crippen LogP contribution is -2.35. The highest BCUT2D eigenvalue weighted by Gasteiger charge is 2.30. The highest BCUT2D eigenvalue weighted by Crippen LogP contribution is 2.50. The molecule has 0 radical (unpaired) electrons. The number of rotatable bonds is 12. The summed E-state index contributed by atoms with van der Waals surface area (Å²) < 4.78 is 40.2. The van der Waals surface area contributed by atoms with Gasteiger partial charge in [-0.3, -0.25) is 14.4 Å². The molecule has 43 heavy (non-hydrogen) atoms. The van der Waals surface area contributed by atoms with Gasteiger partial charge < -0.3 is 30.2 Å². The second kappa shape index (κ2) is 14.1. The van der Waals surface area contributed by atoms with Gasteiger partial charge in [-0.25, -0.2) is 8.42 Å². The van der Waals surface area contributed by atoms with E-state index >= 15 is 0 Å². The molecule has 2 aliphatic rings. The number of benzene rings is 1. The summed E-state index contributed by atoms with van der Waals surface area (Å²) in [5.41, 5.74) is 3.42. The maximum Gasteiger partial charge on any atom is 0.220 e. The Morgan fingerprint density at radius 1 is 0.953 bits per heavy atom. The van der Waals surface area contributed by atoms with Crippen LogP contribution in [0.15, 0.2) is 29.1 Å². The molecule has 1 unspecified atom stereocenters. The lowest BCUT2D eigenvalue weighted by Gasteiger charge is -2.19. The molecule has 2 aromatic carbocycles. The van der Waals surface area contributed by atoms with Crippen molar-refractivity contribution in [3.05, 3.63) is 45.6 Å². The molecule has 2 aromatic rings. The maximum absolute atomic E-state index is 13.4. The van der Waals surface area contributed by atoms with Crippen molar-refractivity contribution in [3.8, 4) is 28.4 Å². The SMILES string of the molecule is COc1cc2c(c(OC)c1OC)-c1ccc(NCCCCCC(=O)NC3CCS(=O)(=O)C3)c(=O)cc1[C@@H](NC(C)=O)CC2. The summed E-state index contributed by atoms with van der Waals surface area (Å²) in [7, 11) is 1.64. The predicted molar refractivity (Wildman–Crippen MR) is 165 cm³/mol. The van der Waals surface area contributed by atoms with Gasteiger partial charge in [0.1, 0.15) is 0 Å². The molecule has 3 N–H and O–H groups in total. The fraction of sp³-hybridized carbons (Fsp3) is 0.516. The van der Waals surface area contributed by atoms with E-state index in [9.17, 15) is 22.8 Å². The first-order valence-corrected chi connectivity index (χ1v) is 16.4. The second-order valence-electron chi connectivity index (χ2n) is 11.0. The van der Waals surface area contributed by atoms with Crippen LogP contribution in [0.2, 0.25) is 0 Å². The third-order valence-corrected chi connectivity index (χ3v) is 9.68. The molecule has 2 amide bonds. The number of hydrogen-bond donors (Lipinski definition) is 3. The van der Waals surface area contributed by atoms with Crippen LogP contribution in [0.1, 0.15) is 62.6 Å². The number of hydrogen-bond acceptors (Lipinski definition) is 9. The molecule has 0 saturated carbocycles. The topological polar surface area (TPSA) is 149 Å². The first-order valence-electron chi connectivity index (χ1n) is 14.6. The van der Waals surface area contributed by atoms with E-state index in [1.54, 1.807) is 33.5 Å². The Morgan fingerprint density at radius 2 is 1.72 bits per heavy atom. The fourth-order valence-corrected chi connectivity index (χ4v) is 7.55. The lowest BCUT2D eigenvalue weighted by atomic mass is 9.95. The van der Waals surface area contributed by atoms with Gasteiger partial charge in [-0.1, -0.05) is 12.5 Å².